The van der Waals surface area contributed by atoms with E-state index in [2.05, 4.69) is 142 Å². The first-order chi connectivity index (χ1) is 33.8. The second kappa shape index (κ2) is 30.0. The zero-order valence-corrected chi connectivity index (χ0v) is 50.4. The van der Waals surface area contributed by atoms with E-state index in [1.807, 2.05) is 13.0 Å². The first-order valence-electron chi connectivity index (χ1n) is 26.7. The minimum Gasteiger partial charge on any atom is -0.548 e. The molecular formula is C61H82ClN2O4S2U+. The van der Waals surface area contributed by atoms with Crippen LogP contribution in [0.3, 0.4) is 0 Å². The van der Waals surface area contributed by atoms with E-state index in [9.17, 15) is 9.35 Å². The molecule has 0 aromatic heterocycles. The van der Waals surface area contributed by atoms with Crippen molar-refractivity contribution in [3.05, 3.63) is 142 Å². The number of unbranched alkanes of at least 4 members (excludes halogenated alkanes) is 4. The number of carbonyl (C=O) groups is 1. The van der Waals surface area contributed by atoms with Gasteiger partial charge in [0, 0.05) is 80.2 Å². The maximum Gasteiger partial charge on any atom is 2.00 e. The molecule has 71 heavy (non-hydrogen) atoms. The van der Waals surface area contributed by atoms with Gasteiger partial charge in [0.1, 0.15) is 6.54 Å². The van der Waals surface area contributed by atoms with Crippen molar-refractivity contribution in [2.45, 2.75) is 180 Å². The summed E-state index contributed by atoms with van der Waals surface area (Å²) in [6.07, 6.45) is 32.6. The van der Waals surface area contributed by atoms with E-state index in [-0.39, 0.29) is 54.0 Å². The van der Waals surface area contributed by atoms with Gasteiger partial charge < -0.3 is 18.9 Å². The van der Waals surface area contributed by atoms with Crippen molar-refractivity contribution < 1.29 is 54.5 Å². The van der Waals surface area contributed by atoms with Crippen LogP contribution in [0.5, 0.6) is 5.75 Å². The summed E-state index contributed by atoms with van der Waals surface area (Å²) in [5.41, 5.74) is 11.3. The Morgan fingerprint density at radius 2 is 1.65 bits per heavy atom. The number of aryl methyl sites for hydroxylation is 1. The van der Waals surface area contributed by atoms with Crippen LogP contribution in [-0.4, -0.2) is 52.4 Å². The molecule has 0 radical (unpaired) electrons. The smallest absolute Gasteiger partial charge is 0.548 e. The van der Waals surface area contributed by atoms with Gasteiger partial charge in [-0.2, -0.15) is 28.7 Å². The number of ether oxygens (including phenoxy) is 2. The molecule has 3 aromatic carbocycles. The van der Waals surface area contributed by atoms with Crippen LogP contribution in [-0.2, 0) is 47.7 Å². The fourth-order valence-corrected chi connectivity index (χ4v) is 11.7. The molecule has 0 bridgehead atoms. The van der Waals surface area contributed by atoms with Crippen molar-refractivity contribution in [1.29, 1.82) is 0 Å². The number of halogens is 1. The number of hydrogen-bond acceptors (Lipinski definition) is 5. The summed E-state index contributed by atoms with van der Waals surface area (Å²) in [5, 5.41) is 0.874. The van der Waals surface area contributed by atoms with Crippen LogP contribution in [0, 0.1) is 43.6 Å². The molecule has 2 aliphatic heterocycles. The Balaban J connectivity index is 0.000000392. The number of benzene rings is 3. The van der Waals surface area contributed by atoms with E-state index >= 15 is 0 Å². The number of esters is 1. The fraction of sp³-hybridized carbons (Fsp3) is 0.525. The van der Waals surface area contributed by atoms with E-state index in [1.165, 1.54) is 95.6 Å². The van der Waals surface area contributed by atoms with Gasteiger partial charge in [-0.15, -0.1) is 12.1 Å². The molecule has 1 N–H and O–H groups in total. The summed E-state index contributed by atoms with van der Waals surface area (Å²) in [6.45, 7) is 15.7. The standard InChI is InChI=1S/C43H55ClN2O3S2.C18H26O.U/c1-6-40(47)49-30-15-8-7-13-28-45-36-22-11-9-20-34(36)42(2,3)38(45)26-24-32-18-17-19-33(41(32)44)25-27-39-43(4,5)35-21-10-12-23-37(35)46(39)29-14-16-31-51(48)50;1-2-10-16-11-9-14-18(15-16)19-17-12-7-5-3-4-6-8-13-17;/h9-12,20-27H,6-8,13-19,28-31H2,1-5H3;9,11-12,15,17H,2-8,10,13H2,1H3;/q;-2;+2/p+1. The van der Waals surface area contributed by atoms with Crippen LogP contribution < -0.4 is 9.64 Å². The molecular weight excluding hydrogens is 1160 g/mol. The molecule has 0 saturated heterocycles. The molecule has 1 saturated carbocycles. The van der Waals surface area contributed by atoms with Gasteiger partial charge in [0.2, 0.25) is 5.69 Å². The number of rotatable bonds is 20. The predicted octanol–water partition coefficient (Wildman–Crippen LogP) is 15.9. The molecule has 2 aliphatic carbocycles. The normalized spacial score (nSPS) is 20.1. The molecule has 7 rings (SSSR count). The molecule has 2 unspecified atom stereocenters. The zero-order valence-electron chi connectivity index (χ0n) is 43.8. The molecule has 2 atom stereocenters. The predicted molar refractivity (Wildman–Crippen MR) is 300 cm³/mol. The number of fused-ring (bicyclic) bond motifs is 2. The van der Waals surface area contributed by atoms with Crippen LogP contribution >= 0.6 is 11.6 Å². The van der Waals surface area contributed by atoms with Crippen molar-refractivity contribution in [3.63, 3.8) is 0 Å². The van der Waals surface area contributed by atoms with E-state index in [0.29, 0.717) is 18.8 Å². The third kappa shape index (κ3) is 16.9. The number of hydrogen-bond donors (Lipinski definition) is 1. The summed E-state index contributed by atoms with van der Waals surface area (Å²) in [4.78, 5) is 13.9. The van der Waals surface area contributed by atoms with Crippen molar-refractivity contribution in [1.82, 2.24) is 0 Å². The zero-order chi connectivity index (χ0) is 49.9. The quantitative estimate of drug-likeness (QED) is 0.0526. The van der Waals surface area contributed by atoms with E-state index in [4.69, 9.17) is 32.3 Å². The van der Waals surface area contributed by atoms with Crippen LogP contribution in [0.4, 0.5) is 11.4 Å². The maximum absolute atomic E-state index is 11.5. The molecule has 1 fully saturated rings. The summed E-state index contributed by atoms with van der Waals surface area (Å²) in [5.74, 6) is 1.48. The summed E-state index contributed by atoms with van der Waals surface area (Å²) < 4.78 is 23.5. The van der Waals surface area contributed by atoms with Crippen molar-refractivity contribution in [2.24, 2.45) is 0 Å². The Kier molecular flexibility index (Phi) is 24.9. The Labute approximate surface area is 465 Å². The second-order valence-electron chi connectivity index (χ2n) is 20.5. The minimum absolute atomic E-state index is 0. The van der Waals surface area contributed by atoms with Gasteiger partial charge >= 0.3 is 37.1 Å². The Bertz CT molecular complexity index is 2370. The van der Waals surface area contributed by atoms with E-state index in [1.54, 1.807) is 0 Å². The minimum atomic E-state index is -0.928. The van der Waals surface area contributed by atoms with Gasteiger partial charge in [0.25, 0.3) is 0 Å². The van der Waals surface area contributed by atoms with E-state index in [0.717, 1.165) is 94.5 Å². The van der Waals surface area contributed by atoms with Crippen LogP contribution in [0.1, 0.15) is 174 Å². The van der Waals surface area contributed by atoms with Gasteiger partial charge in [-0.05, 0) is 118 Å². The van der Waals surface area contributed by atoms with Crippen LogP contribution in [0.2, 0.25) is 0 Å². The van der Waals surface area contributed by atoms with Crippen molar-refractivity contribution in [2.75, 3.05) is 30.3 Å². The van der Waals surface area contributed by atoms with Gasteiger partial charge in [-0.1, -0.05) is 133 Å². The Morgan fingerprint density at radius 1 is 0.901 bits per heavy atom. The van der Waals surface area contributed by atoms with E-state index < -0.39 is 9.74 Å². The van der Waals surface area contributed by atoms with Crippen molar-refractivity contribution >= 4 is 55.6 Å². The number of allylic oxidation sites excluding steroid dienone is 8. The number of anilines is 1. The molecule has 3 aromatic rings. The van der Waals surface area contributed by atoms with Gasteiger partial charge in [-0.3, -0.25) is 11.2 Å². The Morgan fingerprint density at radius 3 is 2.44 bits per heavy atom. The summed E-state index contributed by atoms with van der Waals surface area (Å²) >= 11 is 12.3. The molecule has 0 spiro atoms. The first kappa shape index (κ1) is 59.1. The molecule has 382 valence electrons. The van der Waals surface area contributed by atoms with Crippen molar-refractivity contribution in [3.8, 4) is 5.75 Å². The summed E-state index contributed by atoms with van der Waals surface area (Å²) in [6, 6.07) is 27.0. The average Bonchev–Trinajstić information content (AvgIpc) is 3.76. The number of para-hydroxylation sites is 2. The molecule has 0 amide bonds. The fourth-order valence-electron chi connectivity index (χ4n) is 10.6. The molecule has 4 aliphatic rings. The third-order valence-corrected chi connectivity index (χ3v) is 16.1. The topological polar surface area (TPSA) is 62.0 Å². The average molecular weight is 1240 g/mol. The monoisotopic (exact) mass is 1240 g/mol. The van der Waals surface area contributed by atoms with Gasteiger partial charge in [0.05, 0.1) is 12.0 Å². The third-order valence-electron chi connectivity index (χ3n) is 14.5. The largest absolute Gasteiger partial charge is 2.00 e. The Hall–Kier alpha value is -2.77. The molecule has 10 heteroatoms. The summed E-state index contributed by atoms with van der Waals surface area (Å²) in [7, 11) is -0.928. The molecule has 2 heterocycles. The first-order valence-corrected chi connectivity index (χ1v) is 29.3. The number of carbonyl (C=O) groups excluding carboxylic acids is 1. The van der Waals surface area contributed by atoms with Gasteiger partial charge in [-0.25, -0.2) is 0 Å². The SMILES string of the molecule is CCC(=O)OCCCCCC[N+]1=C(/C=C/C2=C(Cl)C(=C/C=C3/N(CCCCS(O)=S)c4ccccc4C3(C)C)/CCC2)C(C)(C)c2ccccc21.CCCc1cc[c-]c(OC2[CH-]CCCCCCC2)c1.[U+2]. The van der Waals surface area contributed by atoms with Gasteiger partial charge in [0.15, 0.2) is 5.71 Å². The molecule has 6 nitrogen and oxygen atoms in total. The van der Waals surface area contributed by atoms with Crippen LogP contribution in [0.15, 0.2) is 113 Å². The second-order valence-corrected chi connectivity index (χ2v) is 23.1. The van der Waals surface area contributed by atoms with Crippen LogP contribution in [0.25, 0.3) is 0 Å². The number of nitrogens with zero attached hydrogens (tertiary/aromatic N) is 2. The maximum atomic E-state index is 11.5.